The summed E-state index contributed by atoms with van der Waals surface area (Å²) in [6.45, 7) is 4.18. The van der Waals surface area contributed by atoms with Crippen molar-refractivity contribution in [2.75, 3.05) is 46.5 Å². The molecular weight excluding hydrogens is 479 g/mol. The molecule has 2 heterocycles. The third kappa shape index (κ3) is 5.08. The zero-order valence-electron chi connectivity index (χ0n) is 18.8. The van der Waals surface area contributed by atoms with Crippen LogP contribution in [0.4, 0.5) is 0 Å². The van der Waals surface area contributed by atoms with Gasteiger partial charge in [-0.3, -0.25) is 14.5 Å². The van der Waals surface area contributed by atoms with Gasteiger partial charge in [-0.2, -0.15) is 0 Å². The molecular formula is C25H26Cl2N2O5. The van der Waals surface area contributed by atoms with E-state index in [1.54, 1.807) is 42.5 Å². The molecule has 0 radical (unpaired) electrons. The summed E-state index contributed by atoms with van der Waals surface area (Å²) in [4.78, 5) is 30.0. The molecule has 0 bridgehead atoms. The molecule has 1 unspecified atom stereocenters. The van der Waals surface area contributed by atoms with Crippen LogP contribution in [0.2, 0.25) is 10.0 Å². The van der Waals surface area contributed by atoms with Gasteiger partial charge >= 0.3 is 0 Å². The van der Waals surface area contributed by atoms with Crippen molar-refractivity contribution in [1.82, 2.24) is 9.80 Å². The number of aliphatic hydroxyl groups is 1. The van der Waals surface area contributed by atoms with Crippen LogP contribution in [0, 0.1) is 0 Å². The van der Waals surface area contributed by atoms with E-state index in [1.165, 1.54) is 12.0 Å². The summed E-state index contributed by atoms with van der Waals surface area (Å²) in [5.41, 5.74) is 1.00. The second-order valence-electron chi connectivity index (χ2n) is 8.21. The predicted octanol–water partition coefficient (Wildman–Crippen LogP) is 4.15. The average molecular weight is 505 g/mol. The van der Waals surface area contributed by atoms with E-state index in [1.807, 2.05) is 0 Å². The molecule has 9 heteroatoms. The first-order chi connectivity index (χ1) is 16.4. The normalized spacial score (nSPS) is 20.7. The Morgan fingerprint density at radius 2 is 1.85 bits per heavy atom. The molecule has 34 heavy (non-hydrogen) atoms. The van der Waals surface area contributed by atoms with Gasteiger partial charge in [0.15, 0.2) is 0 Å². The standard InChI is InChI=1S/C25H26Cl2N2O5/c1-33-18-5-2-4-17(14-18)23(30)21-22(16-6-7-19(26)20(27)15-16)29(25(32)24(21)31)9-3-8-28-10-12-34-13-11-28/h2,4-7,14-15,22,30H,3,8-13H2,1H3. The highest BCUT2D eigenvalue weighted by Crippen LogP contribution is 2.41. The van der Waals surface area contributed by atoms with Crippen molar-refractivity contribution in [3.63, 3.8) is 0 Å². The average Bonchev–Trinajstić information content (AvgIpc) is 3.11. The third-order valence-corrected chi connectivity index (χ3v) is 6.86. The molecule has 180 valence electrons. The number of likely N-dealkylation sites (tertiary alicyclic amines) is 1. The SMILES string of the molecule is COc1cccc(C(O)=C2C(=O)C(=O)N(CCCN3CCOCC3)C2c2ccc(Cl)c(Cl)c2)c1. The Morgan fingerprint density at radius 3 is 2.56 bits per heavy atom. The lowest BCUT2D eigenvalue weighted by molar-refractivity contribution is -0.140. The van der Waals surface area contributed by atoms with Crippen molar-refractivity contribution in [2.45, 2.75) is 12.5 Å². The molecule has 1 atom stereocenters. The quantitative estimate of drug-likeness (QED) is 0.346. The first-order valence-corrected chi connectivity index (χ1v) is 11.8. The Morgan fingerprint density at radius 1 is 1.09 bits per heavy atom. The summed E-state index contributed by atoms with van der Waals surface area (Å²) in [6.07, 6.45) is 0.671. The van der Waals surface area contributed by atoms with E-state index < -0.39 is 17.7 Å². The van der Waals surface area contributed by atoms with Crippen LogP contribution in [0.5, 0.6) is 5.75 Å². The fraction of sp³-hybridized carbons (Fsp3) is 0.360. The van der Waals surface area contributed by atoms with Gasteiger partial charge in [0.25, 0.3) is 11.7 Å². The summed E-state index contributed by atoms with van der Waals surface area (Å²) < 4.78 is 10.6. The third-order valence-electron chi connectivity index (χ3n) is 6.12. The van der Waals surface area contributed by atoms with Crippen LogP contribution in [0.15, 0.2) is 48.0 Å². The number of benzene rings is 2. The van der Waals surface area contributed by atoms with Gasteiger partial charge in [0.2, 0.25) is 0 Å². The summed E-state index contributed by atoms with van der Waals surface area (Å²) in [6, 6.07) is 10.9. The molecule has 1 N–H and O–H groups in total. The van der Waals surface area contributed by atoms with E-state index in [0.29, 0.717) is 53.1 Å². The zero-order valence-corrected chi connectivity index (χ0v) is 20.3. The summed E-state index contributed by atoms with van der Waals surface area (Å²) in [5, 5.41) is 11.8. The van der Waals surface area contributed by atoms with Crippen molar-refractivity contribution >= 4 is 40.7 Å². The van der Waals surface area contributed by atoms with Crippen LogP contribution in [-0.4, -0.2) is 73.1 Å². The van der Waals surface area contributed by atoms with Gasteiger partial charge in [-0.25, -0.2) is 0 Å². The number of ketones is 1. The second-order valence-corrected chi connectivity index (χ2v) is 9.02. The van der Waals surface area contributed by atoms with Crippen LogP contribution in [0.3, 0.4) is 0 Å². The molecule has 7 nitrogen and oxygen atoms in total. The zero-order chi connectivity index (χ0) is 24.2. The van der Waals surface area contributed by atoms with Gasteiger partial charge in [-0.05, 0) is 36.2 Å². The topological polar surface area (TPSA) is 79.3 Å². The van der Waals surface area contributed by atoms with Gasteiger partial charge in [0.1, 0.15) is 11.5 Å². The van der Waals surface area contributed by atoms with Crippen molar-refractivity contribution in [2.24, 2.45) is 0 Å². The van der Waals surface area contributed by atoms with Crippen LogP contribution in [0.25, 0.3) is 5.76 Å². The Hall–Kier alpha value is -2.58. The van der Waals surface area contributed by atoms with E-state index >= 15 is 0 Å². The highest BCUT2D eigenvalue weighted by Gasteiger charge is 2.46. The summed E-state index contributed by atoms with van der Waals surface area (Å²) in [5.74, 6) is -1.12. The first kappa shape index (κ1) is 24.5. The fourth-order valence-electron chi connectivity index (χ4n) is 4.35. The monoisotopic (exact) mass is 504 g/mol. The highest BCUT2D eigenvalue weighted by atomic mass is 35.5. The Labute approximate surface area is 208 Å². The minimum Gasteiger partial charge on any atom is -0.507 e. The lowest BCUT2D eigenvalue weighted by Gasteiger charge is -2.29. The molecule has 2 aliphatic heterocycles. The lowest BCUT2D eigenvalue weighted by atomic mass is 9.95. The van der Waals surface area contributed by atoms with Gasteiger partial charge in [-0.1, -0.05) is 41.4 Å². The number of rotatable bonds is 7. The van der Waals surface area contributed by atoms with Gasteiger partial charge in [0, 0.05) is 31.7 Å². The van der Waals surface area contributed by atoms with Crippen LogP contribution >= 0.6 is 23.2 Å². The molecule has 2 aromatic carbocycles. The highest BCUT2D eigenvalue weighted by molar-refractivity contribution is 6.46. The van der Waals surface area contributed by atoms with Crippen molar-refractivity contribution in [3.8, 4) is 5.75 Å². The number of morpholine rings is 1. The maximum Gasteiger partial charge on any atom is 0.295 e. The molecule has 4 rings (SSSR count). The van der Waals surface area contributed by atoms with E-state index in [9.17, 15) is 14.7 Å². The number of nitrogens with zero attached hydrogens (tertiary/aromatic N) is 2. The Balaban J connectivity index is 1.70. The van der Waals surface area contributed by atoms with E-state index in [0.717, 1.165) is 19.6 Å². The molecule has 0 spiro atoms. The van der Waals surface area contributed by atoms with Gasteiger partial charge in [-0.15, -0.1) is 0 Å². The first-order valence-electron chi connectivity index (χ1n) is 11.1. The van der Waals surface area contributed by atoms with Gasteiger partial charge < -0.3 is 19.5 Å². The maximum atomic E-state index is 13.2. The van der Waals surface area contributed by atoms with Crippen molar-refractivity contribution < 1.29 is 24.2 Å². The number of halogens is 2. The summed E-state index contributed by atoms with van der Waals surface area (Å²) in [7, 11) is 1.52. The number of ether oxygens (including phenoxy) is 2. The second kappa shape index (κ2) is 10.8. The smallest absolute Gasteiger partial charge is 0.295 e. The molecule has 0 aliphatic carbocycles. The fourth-order valence-corrected chi connectivity index (χ4v) is 4.66. The minimum atomic E-state index is -0.786. The number of hydrogen-bond donors (Lipinski definition) is 1. The van der Waals surface area contributed by atoms with E-state index in [4.69, 9.17) is 32.7 Å². The van der Waals surface area contributed by atoms with Crippen LogP contribution in [-0.2, 0) is 14.3 Å². The largest absolute Gasteiger partial charge is 0.507 e. The van der Waals surface area contributed by atoms with Crippen LogP contribution in [0.1, 0.15) is 23.6 Å². The molecule has 2 aromatic rings. The number of carbonyl (C=O) groups excluding carboxylic acids is 2. The lowest BCUT2D eigenvalue weighted by Crippen LogP contribution is -2.38. The summed E-state index contributed by atoms with van der Waals surface area (Å²) >= 11 is 12.4. The van der Waals surface area contributed by atoms with E-state index in [2.05, 4.69) is 4.90 Å². The number of Topliss-reactive ketones (excluding diaryl/α,β-unsaturated/α-hetero) is 1. The minimum absolute atomic E-state index is 0.0167. The molecule has 0 aromatic heterocycles. The number of aliphatic hydroxyl groups excluding tert-OH is 1. The molecule has 1 amide bonds. The Bertz CT molecular complexity index is 1110. The number of hydrogen-bond acceptors (Lipinski definition) is 6. The van der Waals surface area contributed by atoms with Crippen molar-refractivity contribution in [3.05, 3.63) is 69.2 Å². The van der Waals surface area contributed by atoms with Crippen molar-refractivity contribution in [1.29, 1.82) is 0 Å². The van der Waals surface area contributed by atoms with E-state index in [-0.39, 0.29) is 11.3 Å². The molecule has 0 saturated carbocycles. The number of methoxy groups -OCH3 is 1. The number of carbonyl (C=O) groups is 2. The molecule has 2 aliphatic rings. The van der Waals surface area contributed by atoms with Crippen LogP contribution < -0.4 is 4.74 Å². The van der Waals surface area contributed by atoms with Gasteiger partial charge in [0.05, 0.1) is 42.0 Å². The molecule has 2 saturated heterocycles. The Kier molecular flexibility index (Phi) is 7.78. The predicted molar refractivity (Wildman–Crippen MR) is 130 cm³/mol. The molecule has 2 fully saturated rings. The number of amides is 1. The maximum absolute atomic E-state index is 13.2.